The van der Waals surface area contributed by atoms with Crippen molar-refractivity contribution in [1.82, 2.24) is 4.98 Å². The first-order chi connectivity index (χ1) is 5.47. The van der Waals surface area contributed by atoms with E-state index in [-0.39, 0.29) is 12.4 Å². The van der Waals surface area contributed by atoms with E-state index in [1.807, 2.05) is 18.5 Å². The molecule has 1 aliphatic rings. The first kappa shape index (κ1) is 9.53. The monoisotopic (exact) mass is 183 g/mol. The van der Waals surface area contributed by atoms with E-state index in [4.69, 9.17) is 0 Å². The zero-order chi connectivity index (χ0) is 7.52. The molecular formula is C10H14ClN. The highest BCUT2D eigenvalue weighted by atomic mass is 35.5. The number of pyridine rings is 1. The number of aromatic nitrogens is 1. The lowest BCUT2D eigenvalue weighted by atomic mass is 10.00. The van der Waals surface area contributed by atoms with Crippen LogP contribution in [0.15, 0.2) is 24.5 Å². The van der Waals surface area contributed by atoms with E-state index >= 15 is 0 Å². The third-order valence-electron chi connectivity index (χ3n) is 2.51. The Morgan fingerprint density at radius 1 is 1.25 bits per heavy atom. The summed E-state index contributed by atoms with van der Waals surface area (Å²) in [6.07, 6.45) is 9.39. The van der Waals surface area contributed by atoms with Crippen LogP contribution in [0.3, 0.4) is 0 Å². The van der Waals surface area contributed by atoms with E-state index in [0.29, 0.717) is 0 Å². The van der Waals surface area contributed by atoms with Crippen LogP contribution < -0.4 is 0 Å². The maximum Gasteiger partial charge on any atom is 0.0302 e. The van der Waals surface area contributed by atoms with Gasteiger partial charge in [-0.3, -0.25) is 4.98 Å². The predicted octanol–water partition coefficient (Wildman–Crippen LogP) is 3.16. The molecule has 1 aromatic heterocycles. The summed E-state index contributed by atoms with van der Waals surface area (Å²) >= 11 is 0. The molecule has 0 unspecified atom stereocenters. The topological polar surface area (TPSA) is 12.9 Å². The zero-order valence-electron chi connectivity index (χ0n) is 7.07. The van der Waals surface area contributed by atoms with Gasteiger partial charge in [-0.05, 0) is 30.4 Å². The van der Waals surface area contributed by atoms with Crippen LogP contribution in [0.4, 0.5) is 0 Å². The molecule has 0 aliphatic heterocycles. The van der Waals surface area contributed by atoms with Crippen molar-refractivity contribution in [3.8, 4) is 0 Å². The van der Waals surface area contributed by atoms with Crippen LogP contribution >= 0.6 is 12.4 Å². The highest BCUT2D eigenvalue weighted by molar-refractivity contribution is 5.85. The Labute approximate surface area is 79.6 Å². The molecule has 1 nitrogen and oxygen atoms in total. The van der Waals surface area contributed by atoms with Gasteiger partial charge in [0.1, 0.15) is 0 Å². The van der Waals surface area contributed by atoms with Gasteiger partial charge >= 0.3 is 0 Å². The fraction of sp³-hybridized carbons (Fsp3) is 0.500. The maximum atomic E-state index is 4.13. The Kier molecular flexibility index (Phi) is 3.54. The first-order valence-electron chi connectivity index (χ1n) is 4.37. The summed E-state index contributed by atoms with van der Waals surface area (Å²) < 4.78 is 0. The Balaban J connectivity index is 0.000000720. The number of hydrogen-bond acceptors (Lipinski definition) is 1. The van der Waals surface area contributed by atoms with Crippen LogP contribution in [0, 0.1) is 0 Å². The van der Waals surface area contributed by atoms with Gasteiger partial charge in [-0.2, -0.15) is 0 Å². The smallest absolute Gasteiger partial charge is 0.0302 e. The van der Waals surface area contributed by atoms with E-state index < -0.39 is 0 Å². The molecule has 0 radical (unpaired) electrons. The average Bonchev–Trinajstić information content (AvgIpc) is 2.58. The van der Waals surface area contributed by atoms with Crippen LogP contribution in [0.2, 0.25) is 0 Å². The summed E-state index contributed by atoms with van der Waals surface area (Å²) in [5.74, 6) is 0.809. The quantitative estimate of drug-likeness (QED) is 0.652. The van der Waals surface area contributed by atoms with Gasteiger partial charge < -0.3 is 0 Å². The standard InChI is InChI=1S/C10H13N.ClH/c1-2-5-9(4-1)10-6-3-7-11-8-10;/h3,6-9H,1-2,4-5H2;1H. The molecule has 1 aromatic rings. The lowest BCUT2D eigenvalue weighted by molar-refractivity contribution is 0.719. The third kappa shape index (κ3) is 1.98. The zero-order valence-corrected chi connectivity index (χ0v) is 7.89. The number of rotatable bonds is 1. The van der Waals surface area contributed by atoms with E-state index in [1.54, 1.807) is 0 Å². The van der Waals surface area contributed by atoms with Gasteiger partial charge in [0.2, 0.25) is 0 Å². The second-order valence-corrected chi connectivity index (χ2v) is 3.27. The van der Waals surface area contributed by atoms with Gasteiger partial charge in [0.15, 0.2) is 0 Å². The summed E-state index contributed by atoms with van der Waals surface area (Å²) in [7, 11) is 0. The van der Waals surface area contributed by atoms with Gasteiger partial charge in [-0.1, -0.05) is 18.9 Å². The summed E-state index contributed by atoms with van der Waals surface area (Å²) in [5, 5.41) is 0. The lowest BCUT2D eigenvalue weighted by Gasteiger charge is -2.06. The molecule has 0 bridgehead atoms. The molecule has 0 N–H and O–H groups in total. The molecule has 1 heterocycles. The summed E-state index contributed by atoms with van der Waals surface area (Å²) in [5.41, 5.74) is 1.44. The van der Waals surface area contributed by atoms with Crippen molar-refractivity contribution in [2.45, 2.75) is 31.6 Å². The molecule has 2 heteroatoms. The summed E-state index contributed by atoms with van der Waals surface area (Å²) in [6, 6.07) is 4.23. The third-order valence-corrected chi connectivity index (χ3v) is 2.51. The van der Waals surface area contributed by atoms with Crippen LogP contribution in [-0.4, -0.2) is 4.98 Å². The number of halogens is 1. The van der Waals surface area contributed by atoms with E-state index in [0.717, 1.165) is 5.92 Å². The molecule has 0 atom stereocenters. The highest BCUT2D eigenvalue weighted by Crippen LogP contribution is 2.33. The van der Waals surface area contributed by atoms with Crippen molar-refractivity contribution < 1.29 is 0 Å². The molecule has 0 saturated heterocycles. The summed E-state index contributed by atoms with van der Waals surface area (Å²) in [6.45, 7) is 0. The van der Waals surface area contributed by atoms with Crippen LogP contribution in [0.25, 0.3) is 0 Å². The molecule has 0 aromatic carbocycles. The normalized spacial score (nSPS) is 17.3. The van der Waals surface area contributed by atoms with Crippen molar-refractivity contribution in [3.63, 3.8) is 0 Å². The molecule has 12 heavy (non-hydrogen) atoms. The Bertz CT molecular complexity index is 217. The molecule has 1 saturated carbocycles. The van der Waals surface area contributed by atoms with E-state index in [2.05, 4.69) is 11.1 Å². The minimum absolute atomic E-state index is 0. The lowest BCUT2D eigenvalue weighted by Crippen LogP contribution is -1.91. The van der Waals surface area contributed by atoms with Gasteiger partial charge in [0, 0.05) is 12.4 Å². The molecule has 2 rings (SSSR count). The Morgan fingerprint density at radius 2 is 2.00 bits per heavy atom. The number of hydrogen-bond donors (Lipinski definition) is 0. The molecule has 66 valence electrons. The fourth-order valence-corrected chi connectivity index (χ4v) is 1.88. The van der Waals surface area contributed by atoms with Gasteiger partial charge in [-0.15, -0.1) is 12.4 Å². The van der Waals surface area contributed by atoms with E-state index in [9.17, 15) is 0 Å². The van der Waals surface area contributed by atoms with Gasteiger partial charge in [-0.25, -0.2) is 0 Å². The molecule has 1 fully saturated rings. The van der Waals surface area contributed by atoms with Crippen molar-refractivity contribution >= 4 is 12.4 Å². The molecule has 0 amide bonds. The van der Waals surface area contributed by atoms with Gasteiger partial charge in [0.05, 0.1) is 0 Å². The molecular weight excluding hydrogens is 170 g/mol. The van der Waals surface area contributed by atoms with E-state index in [1.165, 1.54) is 31.2 Å². The Hall–Kier alpha value is -0.560. The minimum atomic E-state index is 0. The highest BCUT2D eigenvalue weighted by Gasteiger charge is 2.16. The van der Waals surface area contributed by atoms with Crippen molar-refractivity contribution in [1.29, 1.82) is 0 Å². The van der Waals surface area contributed by atoms with Crippen LogP contribution in [0.5, 0.6) is 0 Å². The second-order valence-electron chi connectivity index (χ2n) is 3.27. The number of nitrogens with zero attached hydrogens (tertiary/aromatic N) is 1. The minimum Gasteiger partial charge on any atom is -0.264 e. The average molecular weight is 184 g/mol. The predicted molar refractivity (Wildman–Crippen MR) is 52.7 cm³/mol. The van der Waals surface area contributed by atoms with Crippen LogP contribution in [-0.2, 0) is 0 Å². The van der Waals surface area contributed by atoms with Crippen molar-refractivity contribution in [2.24, 2.45) is 0 Å². The second kappa shape index (κ2) is 4.46. The fourth-order valence-electron chi connectivity index (χ4n) is 1.88. The SMILES string of the molecule is Cl.c1cncc(C2CCCC2)c1. The molecule has 0 spiro atoms. The first-order valence-corrected chi connectivity index (χ1v) is 4.37. The van der Waals surface area contributed by atoms with Crippen molar-refractivity contribution in [2.75, 3.05) is 0 Å². The largest absolute Gasteiger partial charge is 0.264 e. The maximum absolute atomic E-state index is 4.13. The van der Waals surface area contributed by atoms with Gasteiger partial charge in [0.25, 0.3) is 0 Å². The van der Waals surface area contributed by atoms with Crippen molar-refractivity contribution in [3.05, 3.63) is 30.1 Å². The Morgan fingerprint density at radius 3 is 2.58 bits per heavy atom. The summed E-state index contributed by atoms with van der Waals surface area (Å²) in [4.78, 5) is 4.13. The molecule has 1 aliphatic carbocycles. The van der Waals surface area contributed by atoms with Crippen LogP contribution in [0.1, 0.15) is 37.2 Å².